The highest BCUT2D eigenvalue weighted by Gasteiger charge is 2.26. The minimum Gasteiger partial charge on any atom is -0.320 e. The molecule has 4 aromatic rings. The molecule has 1 amide bonds. The first-order chi connectivity index (χ1) is 14.7. The van der Waals surface area contributed by atoms with E-state index in [9.17, 15) is 4.79 Å². The van der Waals surface area contributed by atoms with Crippen molar-refractivity contribution in [3.05, 3.63) is 71.0 Å². The number of anilines is 1. The van der Waals surface area contributed by atoms with Crippen molar-refractivity contribution in [2.45, 2.75) is 32.6 Å². The molecule has 2 aromatic heterocycles. The number of aryl methyl sites for hydroxylation is 1. The van der Waals surface area contributed by atoms with E-state index in [4.69, 9.17) is 5.10 Å². The van der Waals surface area contributed by atoms with Crippen molar-refractivity contribution in [2.75, 3.05) is 5.32 Å². The molecule has 8 heteroatoms. The number of carbonyl (C=O) groups excluding carboxylic acids is 1. The number of rotatable bonds is 4. The zero-order valence-electron chi connectivity index (χ0n) is 16.6. The zero-order chi connectivity index (χ0) is 20.5. The summed E-state index contributed by atoms with van der Waals surface area (Å²) in [7, 11) is 0. The Morgan fingerprint density at radius 2 is 1.87 bits per heavy atom. The topological polar surface area (TPSA) is 101 Å². The Kier molecular flexibility index (Phi) is 4.59. The number of hydrogen-bond donors (Lipinski definition) is 2. The van der Waals surface area contributed by atoms with E-state index in [1.807, 2.05) is 41.1 Å². The van der Waals surface area contributed by atoms with Crippen LogP contribution in [0.25, 0.3) is 17.1 Å². The van der Waals surface area contributed by atoms with Crippen molar-refractivity contribution in [3.8, 4) is 17.1 Å². The normalized spacial score (nSPS) is 13.1. The maximum Gasteiger partial charge on any atom is 0.276 e. The number of para-hydroxylation sites is 1. The summed E-state index contributed by atoms with van der Waals surface area (Å²) in [4.78, 5) is 13.3. The summed E-state index contributed by atoms with van der Waals surface area (Å²) in [6, 6.07) is 15.6. The standard InChI is InChI=1S/C22H21N7O/c1-14-10-12-15(13-11-14)29-19-9-5-3-7-17(19)20(26-29)22(30)23-18-8-4-2-6-16(18)21-24-27-28-25-21/h2,4,6,8,10-13H,3,5,7,9H2,1H3,(H,23,30)(H,24,25,27,28). The molecule has 0 aliphatic heterocycles. The van der Waals surface area contributed by atoms with E-state index in [-0.39, 0.29) is 5.91 Å². The number of H-pyrrole nitrogens is 1. The van der Waals surface area contributed by atoms with Gasteiger partial charge in [0.05, 0.1) is 11.4 Å². The molecule has 0 radical (unpaired) electrons. The fourth-order valence-electron chi connectivity index (χ4n) is 3.93. The number of hydrogen-bond acceptors (Lipinski definition) is 5. The van der Waals surface area contributed by atoms with Crippen LogP contribution in [0.5, 0.6) is 0 Å². The summed E-state index contributed by atoms with van der Waals surface area (Å²) in [5.74, 6) is 0.202. The number of benzene rings is 2. The van der Waals surface area contributed by atoms with E-state index < -0.39 is 0 Å². The molecule has 0 bridgehead atoms. The van der Waals surface area contributed by atoms with E-state index in [0.29, 0.717) is 22.8 Å². The van der Waals surface area contributed by atoms with Gasteiger partial charge in [0.2, 0.25) is 5.82 Å². The van der Waals surface area contributed by atoms with Gasteiger partial charge in [-0.25, -0.2) is 4.68 Å². The molecular formula is C22H21N7O. The van der Waals surface area contributed by atoms with Crippen molar-refractivity contribution in [1.29, 1.82) is 0 Å². The van der Waals surface area contributed by atoms with E-state index in [0.717, 1.165) is 42.6 Å². The Labute approximate surface area is 173 Å². The quantitative estimate of drug-likeness (QED) is 0.547. The van der Waals surface area contributed by atoms with Crippen LogP contribution in [0, 0.1) is 6.92 Å². The van der Waals surface area contributed by atoms with Gasteiger partial charge in [-0.3, -0.25) is 4.79 Å². The zero-order valence-corrected chi connectivity index (χ0v) is 16.6. The number of amides is 1. The fourth-order valence-corrected chi connectivity index (χ4v) is 3.93. The molecule has 0 unspecified atom stereocenters. The molecule has 2 heterocycles. The van der Waals surface area contributed by atoms with Gasteiger partial charge < -0.3 is 5.32 Å². The lowest BCUT2D eigenvalue weighted by molar-refractivity contribution is 0.102. The molecule has 5 rings (SSSR count). The van der Waals surface area contributed by atoms with Crippen molar-refractivity contribution >= 4 is 11.6 Å². The fraction of sp³-hybridized carbons (Fsp3) is 0.227. The summed E-state index contributed by atoms with van der Waals surface area (Å²) in [5.41, 5.74) is 6.14. The Morgan fingerprint density at radius 1 is 1.07 bits per heavy atom. The highest BCUT2D eigenvalue weighted by Crippen LogP contribution is 2.29. The van der Waals surface area contributed by atoms with Gasteiger partial charge in [0.1, 0.15) is 0 Å². The number of aromatic nitrogens is 6. The first kappa shape index (κ1) is 18.2. The lowest BCUT2D eigenvalue weighted by Gasteiger charge is -2.14. The Morgan fingerprint density at radius 3 is 2.67 bits per heavy atom. The van der Waals surface area contributed by atoms with E-state index >= 15 is 0 Å². The summed E-state index contributed by atoms with van der Waals surface area (Å²) >= 11 is 0. The Bertz CT molecular complexity index is 1190. The third-order valence-electron chi connectivity index (χ3n) is 5.44. The first-order valence-corrected chi connectivity index (χ1v) is 10.0. The smallest absolute Gasteiger partial charge is 0.276 e. The molecule has 0 saturated heterocycles. The van der Waals surface area contributed by atoms with Gasteiger partial charge in [0, 0.05) is 16.8 Å². The molecule has 8 nitrogen and oxygen atoms in total. The van der Waals surface area contributed by atoms with Crippen molar-refractivity contribution < 1.29 is 4.79 Å². The Balaban J connectivity index is 1.52. The average molecular weight is 399 g/mol. The van der Waals surface area contributed by atoms with Gasteiger partial charge in [-0.15, -0.1) is 10.2 Å². The molecule has 0 saturated carbocycles. The van der Waals surface area contributed by atoms with Crippen LogP contribution in [-0.4, -0.2) is 36.3 Å². The van der Waals surface area contributed by atoms with Crippen LogP contribution in [0.15, 0.2) is 48.5 Å². The maximum absolute atomic E-state index is 13.3. The number of nitrogens with one attached hydrogen (secondary N) is 2. The molecule has 0 atom stereocenters. The van der Waals surface area contributed by atoms with E-state index in [2.05, 4.69) is 45.0 Å². The van der Waals surface area contributed by atoms with Crippen LogP contribution >= 0.6 is 0 Å². The van der Waals surface area contributed by atoms with Crippen LogP contribution in [0.3, 0.4) is 0 Å². The SMILES string of the molecule is Cc1ccc(-n2nc(C(=O)Nc3ccccc3-c3nn[nH]n3)c3c2CCCC3)cc1. The van der Waals surface area contributed by atoms with Crippen LogP contribution in [0.1, 0.15) is 40.2 Å². The molecule has 150 valence electrons. The van der Waals surface area contributed by atoms with Gasteiger partial charge in [-0.05, 0) is 62.1 Å². The van der Waals surface area contributed by atoms with Gasteiger partial charge in [0.15, 0.2) is 5.69 Å². The second-order valence-corrected chi connectivity index (χ2v) is 7.46. The second kappa shape index (κ2) is 7.55. The van der Waals surface area contributed by atoms with Crippen molar-refractivity contribution in [3.63, 3.8) is 0 Å². The van der Waals surface area contributed by atoms with Gasteiger partial charge >= 0.3 is 0 Å². The molecule has 0 spiro atoms. The molecular weight excluding hydrogens is 378 g/mol. The lowest BCUT2D eigenvalue weighted by atomic mass is 9.95. The minimum atomic E-state index is -0.227. The van der Waals surface area contributed by atoms with Crippen LogP contribution < -0.4 is 5.32 Å². The van der Waals surface area contributed by atoms with Crippen LogP contribution in [0.2, 0.25) is 0 Å². The van der Waals surface area contributed by atoms with Gasteiger partial charge in [-0.1, -0.05) is 29.8 Å². The van der Waals surface area contributed by atoms with Crippen LogP contribution in [-0.2, 0) is 12.8 Å². The number of tetrazole rings is 1. The summed E-state index contributed by atoms with van der Waals surface area (Å²) in [6.07, 6.45) is 3.94. The molecule has 1 aliphatic rings. The molecule has 2 aromatic carbocycles. The molecule has 2 N–H and O–H groups in total. The third kappa shape index (κ3) is 3.26. The third-order valence-corrected chi connectivity index (χ3v) is 5.44. The predicted octanol–water partition coefficient (Wildman–Crippen LogP) is 3.49. The largest absolute Gasteiger partial charge is 0.320 e. The highest BCUT2D eigenvalue weighted by atomic mass is 16.2. The number of nitrogens with zero attached hydrogens (tertiary/aromatic N) is 5. The number of fused-ring (bicyclic) bond motifs is 1. The number of carbonyl (C=O) groups is 1. The average Bonchev–Trinajstić information content (AvgIpc) is 3.43. The van der Waals surface area contributed by atoms with Crippen molar-refractivity contribution in [1.82, 2.24) is 30.4 Å². The van der Waals surface area contributed by atoms with Crippen molar-refractivity contribution in [2.24, 2.45) is 0 Å². The van der Waals surface area contributed by atoms with Gasteiger partial charge in [0.25, 0.3) is 5.91 Å². The second-order valence-electron chi connectivity index (χ2n) is 7.46. The monoisotopic (exact) mass is 399 g/mol. The number of aromatic amines is 1. The minimum absolute atomic E-state index is 0.227. The lowest BCUT2D eigenvalue weighted by Crippen LogP contribution is -2.16. The molecule has 30 heavy (non-hydrogen) atoms. The van der Waals surface area contributed by atoms with E-state index in [1.54, 1.807) is 0 Å². The summed E-state index contributed by atoms with van der Waals surface area (Å²) < 4.78 is 1.92. The highest BCUT2D eigenvalue weighted by molar-refractivity contribution is 6.06. The van der Waals surface area contributed by atoms with Crippen LogP contribution in [0.4, 0.5) is 5.69 Å². The Hall–Kier alpha value is -3.81. The summed E-state index contributed by atoms with van der Waals surface area (Å²) in [5, 5.41) is 21.9. The summed E-state index contributed by atoms with van der Waals surface area (Å²) in [6.45, 7) is 2.06. The first-order valence-electron chi connectivity index (χ1n) is 10.0. The van der Waals surface area contributed by atoms with E-state index in [1.165, 1.54) is 5.56 Å². The molecule has 1 aliphatic carbocycles. The van der Waals surface area contributed by atoms with Gasteiger partial charge in [-0.2, -0.15) is 10.3 Å². The molecule has 0 fully saturated rings. The maximum atomic E-state index is 13.3. The predicted molar refractivity (Wildman–Crippen MR) is 113 cm³/mol.